The first-order chi connectivity index (χ1) is 12.6. The maximum absolute atomic E-state index is 11.9. The molecule has 1 aromatic heterocycles. The van der Waals surface area contributed by atoms with Crippen LogP contribution in [0.1, 0.15) is 18.4 Å². The van der Waals surface area contributed by atoms with Gasteiger partial charge in [0.25, 0.3) is 0 Å². The summed E-state index contributed by atoms with van der Waals surface area (Å²) in [6.07, 6.45) is 0. The van der Waals surface area contributed by atoms with Gasteiger partial charge in [0.1, 0.15) is 0 Å². The number of ether oxygens (including phenoxy) is 1. The highest BCUT2D eigenvalue weighted by Crippen LogP contribution is 2.17. The summed E-state index contributed by atoms with van der Waals surface area (Å²) >= 11 is 1.73. The Morgan fingerprint density at radius 2 is 2.12 bits per heavy atom. The number of hydrogen-bond donors (Lipinski definition) is 2. The Morgan fingerprint density at radius 1 is 1.35 bits per heavy atom. The monoisotopic (exact) mass is 381 g/mol. The zero-order chi connectivity index (χ0) is 18.8. The Morgan fingerprint density at radius 3 is 2.73 bits per heavy atom. The van der Waals surface area contributed by atoms with Gasteiger partial charge in [-0.2, -0.15) is 11.3 Å². The lowest BCUT2D eigenvalue weighted by molar-refractivity contribution is -0.122. The molecule has 1 fully saturated rings. The van der Waals surface area contributed by atoms with Crippen LogP contribution < -0.4 is 10.6 Å². The van der Waals surface area contributed by atoms with Gasteiger partial charge in [-0.15, -0.1) is 0 Å². The number of thiophene rings is 1. The minimum Gasteiger partial charge on any atom is -0.383 e. The second-order valence-electron chi connectivity index (χ2n) is 6.49. The number of piperazine rings is 1. The van der Waals surface area contributed by atoms with Crippen molar-refractivity contribution in [3.63, 3.8) is 0 Å². The van der Waals surface area contributed by atoms with Crippen LogP contribution in [0.3, 0.4) is 0 Å². The Bertz CT molecular complexity index is 556. The van der Waals surface area contributed by atoms with Crippen LogP contribution in [0.5, 0.6) is 0 Å². The average Bonchev–Trinajstić information content (AvgIpc) is 3.18. The van der Waals surface area contributed by atoms with Crippen LogP contribution in [-0.4, -0.2) is 88.2 Å². The van der Waals surface area contributed by atoms with E-state index < -0.39 is 0 Å². The van der Waals surface area contributed by atoms with Gasteiger partial charge < -0.3 is 20.3 Å². The van der Waals surface area contributed by atoms with E-state index in [1.54, 1.807) is 18.4 Å². The Hall–Kier alpha value is -1.64. The number of carbonyl (C=O) groups is 1. The first-order valence-corrected chi connectivity index (χ1v) is 10.0. The number of nitrogens with zero attached hydrogens (tertiary/aromatic N) is 3. The fraction of sp³-hybridized carbons (Fsp3) is 0.667. The van der Waals surface area contributed by atoms with Crippen LogP contribution in [0.4, 0.5) is 0 Å². The van der Waals surface area contributed by atoms with Crippen LogP contribution in [0.25, 0.3) is 0 Å². The van der Waals surface area contributed by atoms with E-state index in [9.17, 15) is 4.79 Å². The van der Waals surface area contributed by atoms with Crippen molar-refractivity contribution >= 4 is 23.2 Å². The van der Waals surface area contributed by atoms with Gasteiger partial charge in [-0.3, -0.25) is 14.7 Å². The average molecular weight is 382 g/mol. The van der Waals surface area contributed by atoms with Gasteiger partial charge in [0, 0.05) is 53.4 Å². The molecule has 1 unspecified atom stereocenters. The smallest absolute Gasteiger partial charge is 0.234 e. The molecule has 26 heavy (non-hydrogen) atoms. The lowest BCUT2D eigenvalue weighted by Gasteiger charge is -2.36. The molecule has 2 heterocycles. The first kappa shape index (κ1) is 20.7. The van der Waals surface area contributed by atoms with Gasteiger partial charge in [0.05, 0.1) is 13.2 Å². The molecule has 1 aromatic rings. The van der Waals surface area contributed by atoms with Gasteiger partial charge in [-0.1, -0.05) is 6.92 Å². The number of carbonyl (C=O) groups excluding carboxylic acids is 1. The molecule has 1 atom stereocenters. The number of guanidine groups is 1. The summed E-state index contributed by atoms with van der Waals surface area (Å²) in [7, 11) is 3.46. The summed E-state index contributed by atoms with van der Waals surface area (Å²) in [5.74, 6) is 1.45. The van der Waals surface area contributed by atoms with E-state index in [2.05, 4.69) is 49.2 Å². The third-order valence-corrected chi connectivity index (χ3v) is 5.26. The van der Waals surface area contributed by atoms with Crippen LogP contribution in [0.15, 0.2) is 21.8 Å². The molecule has 0 bridgehead atoms. The van der Waals surface area contributed by atoms with Crippen molar-refractivity contribution in [3.05, 3.63) is 22.4 Å². The second-order valence-corrected chi connectivity index (χ2v) is 7.27. The van der Waals surface area contributed by atoms with Gasteiger partial charge in [0.2, 0.25) is 5.91 Å². The molecular weight excluding hydrogens is 350 g/mol. The summed E-state index contributed by atoms with van der Waals surface area (Å²) in [6.45, 7) is 8.11. The van der Waals surface area contributed by atoms with Gasteiger partial charge in [-0.05, 0) is 28.3 Å². The number of hydrogen-bond acceptors (Lipinski definition) is 5. The summed E-state index contributed by atoms with van der Waals surface area (Å²) in [6, 6.07) is 2.18. The van der Waals surface area contributed by atoms with Crippen LogP contribution in [0.2, 0.25) is 0 Å². The zero-order valence-corrected chi connectivity index (χ0v) is 16.8. The fourth-order valence-electron chi connectivity index (χ4n) is 2.92. The van der Waals surface area contributed by atoms with Crippen LogP contribution in [0, 0.1) is 0 Å². The van der Waals surface area contributed by atoms with Crippen molar-refractivity contribution < 1.29 is 9.53 Å². The lowest BCUT2D eigenvalue weighted by Crippen LogP contribution is -2.54. The number of aliphatic imine (C=N–C) groups is 1. The molecule has 2 rings (SSSR count). The quantitative estimate of drug-likeness (QED) is 0.396. The molecule has 7 nitrogen and oxygen atoms in total. The molecule has 1 saturated heterocycles. The lowest BCUT2D eigenvalue weighted by atomic mass is 10.1. The van der Waals surface area contributed by atoms with E-state index in [0.29, 0.717) is 25.6 Å². The summed E-state index contributed by atoms with van der Waals surface area (Å²) in [5, 5.41) is 10.7. The van der Waals surface area contributed by atoms with Gasteiger partial charge in [-0.25, -0.2) is 0 Å². The molecule has 1 amide bonds. The third kappa shape index (κ3) is 6.59. The van der Waals surface area contributed by atoms with E-state index in [1.165, 1.54) is 5.56 Å². The van der Waals surface area contributed by atoms with Gasteiger partial charge in [0.15, 0.2) is 5.96 Å². The Kier molecular flexibility index (Phi) is 8.87. The molecule has 1 aliphatic heterocycles. The number of nitrogens with one attached hydrogen (secondary N) is 2. The Labute approximate surface area is 160 Å². The maximum Gasteiger partial charge on any atom is 0.234 e. The number of methoxy groups -OCH3 is 1. The highest BCUT2D eigenvalue weighted by atomic mass is 32.1. The fourth-order valence-corrected chi connectivity index (χ4v) is 3.70. The molecular formula is C18H31N5O2S. The van der Waals surface area contributed by atoms with Crippen molar-refractivity contribution in [2.45, 2.75) is 12.8 Å². The molecule has 8 heteroatoms. The highest BCUT2D eigenvalue weighted by Gasteiger charge is 2.21. The van der Waals surface area contributed by atoms with E-state index >= 15 is 0 Å². The standard InChI is InChI=1S/C18H31N5O2S/c1-15(16-4-11-26-14-16)12-21-18(19-2)23-8-6-22(7-9-23)13-17(24)20-5-10-25-3/h4,11,14-15H,5-10,12-13H2,1-3H3,(H,19,21)(H,20,24). The molecule has 0 aliphatic carbocycles. The third-order valence-electron chi connectivity index (χ3n) is 4.56. The molecule has 0 spiro atoms. The molecule has 0 radical (unpaired) electrons. The largest absolute Gasteiger partial charge is 0.383 e. The predicted molar refractivity (Wildman–Crippen MR) is 107 cm³/mol. The van der Waals surface area contributed by atoms with Crippen LogP contribution >= 0.6 is 11.3 Å². The summed E-state index contributed by atoms with van der Waals surface area (Å²) < 4.78 is 4.94. The summed E-state index contributed by atoms with van der Waals surface area (Å²) in [4.78, 5) is 20.8. The van der Waals surface area contributed by atoms with E-state index in [1.807, 2.05) is 7.05 Å². The SMILES string of the molecule is CN=C(NCC(C)c1ccsc1)N1CCN(CC(=O)NCCOC)CC1. The predicted octanol–water partition coefficient (Wildman–Crippen LogP) is 0.807. The maximum atomic E-state index is 11.9. The minimum atomic E-state index is 0.0580. The highest BCUT2D eigenvalue weighted by molar-refractivity contribution is 7.07. The summed E-state index contributed by atoms with van der Waals surface area (Å²) in [5.41, 5.74) is 1.36. The molecule has 0 saturated carbocycles. The van der Waals surface area contributed by atoms with Crippen molar-refractivity contribution in [1.82, 2.24) is 20.4 Å². The molecule has 2 N–H and O–H groups in total. The normalized spacial score (nSPS) is 17.2. The van der Waals surface area contributed by atoms with Crippen LogP contribution in [-0.2, 0) is 9.53 Å². The van der Waals surface area contributed by atoms with E-state index in [4.69, 9.17) is 4.74 Å². The number of amides is 1. The topological polar surface area (TPSA) is 69.2 Å². The molecule has 1 aliphatic rings. The van der Waals surface area contributed by atoms with Crippen molar-refractivity contribution in [2.24, 2.45) is 4.99 Å². The second kappa shape index (κ2) is 11.2. The molecule has 0 aromatic carbocycles. The Balaban J connectivity index is 1.70. The first-order valence-electron chi connectivity index (χ1n) is 9.09. The van der Waals surface area contributed by atoms with Crippen molar-refractivity contribution in [2.75, 3.05) is 66.6 Å². The minimum absolute atomic E-state index is 0.0580. The number of rotatable bonds is 8. The van der Waals surface area contributed by atoms with E-state index in [-0.39, 0.29) is 5.91 Å². The van der Waals surface area contributed by atoms with Gasteiger partial charge >= 0.3 is 0 Å². The van der Waals surface area contributed by atoms with Crippen molar-refractivity contribution in [1.29, 1.82) is 0 Å². The zero-order valence-electron chi connectivity index (χ0n) is 16.0. The van der Waals surface area contributed by atoms with Crippen molar-refractivity contribution in [3.8, 4) is 0 Å². The molecule has 146 valence electrons. The van der Waals surface area contributed by atoms with E-state index in [0.717, 1.165) is 38.7 Å².